The Morgan fingerprint density at radius 1 is 0.353 bits per heavy atom. The van der Waals surface area contributed by atoms with E-state index in [4.69, 9.17) is 0 Å². The summed E-state index contributed by atoms with van der Waals surface area (Å²) >= 11 is 1.90. The van der Waals surface area contributed by atoms with E-state index in [1.54, 1.807) is 0 Å². The highest BCUT2D eigenvalue weighted by atomic mass is 32.1. The van der Waals surface area contributed by atoms with Crippen LogP contribution in [-0.2, 0) is 5.41 Å². The van der Waals surface area contributed by atoms with Gasteiger partial charge in [-0.3, -0.25) is 0 Å². The van der Waals surface area contributed by atoms with Crippen molar-refractivity contribution in [1.82, 2.24) is 0 Å². The largest absolute Gasteiger partial charge is 0.336 e. The zero-order valence-corrected chi connectivity index (χ0v) is 41.0. The molecule has 1 aromatic heterocycles. The van der Waals surface area contributed by atoms with E-state index in [9.17, 15) is 0 Å². The van der Waals surface area contributed by atoms with Gasteiger partial charge in [0.05, 0.1) is 0 Å². The first kappa shape index (κ1) is 44.6. The zero-order valence-electron chi connectivity index (χ0n) is 40.2. The lowest BCUT2D eigenvalue weighted by molar-refractivity contribution is 0.428. The van der Waals surface area contributed by atoms with Crippen LogP contribution in [0.1, 0.15) is 66.4 Å². The first-order valence-corrected chi connectivity index (χ1v) is 25.2. The third kappa shape index (κ3) is 8.52. The Kier molecular flexibility index (Phi) is 12.4. The quantitative estimate of drug-likeness (QED) is 0.107. The van der Waals surface area contributed by atoms with Crippen molar-refractivity contribution in [2.24, 2.45) is 0 Å². The van der Waals surface area contributed by atoms with Crippen LogP contribution in [0.5, 0.6) is 0 Å². The van der Waals surface area contributed by atoms with Gasteiger partial charge < -0.3 is 9.80 Å². The molecular formula is C65H60N2S. The summed E-state index contributed by atoms with van der Waals surface area (Å²) in [5.41, 5.74) is 14.6. The van der Waals surface area contributed by atoms with Gasteiger partial charge in [0.1, 0.15) is 0 Å². The first-order valence-electron chi connectivity index (χ1n) is 24.3. The molecule has 9 aromatic carbocycles. The van der Waals surface area contributed by atoms with Gasteiger partial charge in [0.2, 0.25) is 0 Å². The average molecular weight is 901 g/mol. The summed E-state index contributed by atoms with van der Waals surface area (Å²) in [5.74, 6) is 0. The molecule has 1 heterocycles. The number of nitrogens with zero attached hydrogens (tertiary/aromatic N) is 2. The first-order chi connectivity index (χ1) is 33.2. The third-order valence-electron chi connectivity index (χ3n) is 14.6. The maximum atomic E-state index is 2.56. The Morgan fingerprint density at radius 3 is 1.24 bits per heavy atom. The molecule has 3 heteroatoms. The van der Waals surface area contributed by atoms with E-state index in [0.29, 0.717) is 0 Å². The summed E-state index contributed by atoms with van der Waals surface area (Å²) in [5, 5.41) is 4.95. The van der Waals surface area contributed by atoms with Crippen LogP contribution in [0.2, 0.25) is 0 Å². The van der Waals surface area contributed by atoms with Crippen molar-refractivity contribution in [1.29, 1.82) is 0 Å². The Hall–Kier alpha value is -7.20. The second kappa shape index (κ2) is 18.8. The lowest BCUT2D eigenvalue weighted by atomic mass is 9.82. The molecule has 0 N–H and O–H groups in total. The maximum Gasteiger partial charge on any atom is 0.0468 e. The van der Waals surface area contributed by atoms with Crippen molar-refractivity contribution < 1.29 is 0 Å². The second-order valence-electron chi connectivity index (χ2n) is 19.1. The monoisotopic (exact) mass is 900 g/mol. The van der Waals surface area contributed by atoms with Crippen molar-refractivity contribution in [3.63, 3.8) is 0 Å². The van der Waals surface area contributed by atoms with E-state index in [1.165, 1.54) is 81.6 Å². The number of thiophene rings is 1. The SMILES string of the molecule is CCC(C)(C)c1ccc(-c2sc(-c3ccc(N(c4ccc(N(c5ccc6ccccc6c5)C(C)(CC)CC)cc4)c4ccc5ccccc5c4)cc3)c(-c3ccccc3)c2-c2ccccc2)cc1. The van der Waals surface area contributed by atoms with Gasteiger partial charge in [0.25, 0.3) is 0 Å². The van der Waals surface area contributed by atoms with Crippen LogP contribution >= 0.6 is 11.3 Å². The van der Waals surface area contributed by atoms with Gasteiger partial charge >= 0.3 is 0 Å². The number of hydrogen-bond acceptors (Lipinski definition) is 3. The minimum Gasteiger partial charge on any atom is -0.336 e. The molecule has 10 aromatic rings. The number of benzene rings is 9. The van der Waals surface area contributed by atoms with Crippen molar-refractivity contribution >= 4 is 61.3 Å². The van der Waals surface area contributed by atoms with Crippen molar-refractivity contribution in [2.45, 2.75) is 71.8 Å². The lowest BCUT2D eigenvalue weighted by Crippen LogP contribution is -2.42. The standard InChI is InChI=1S/C65H60N2S/c1-7-64(4,5)54-34-28-50(29-35-54)62-60(48-22-12-10-13-23-48)61(49-24-14-11-15-25-49)63(68-62)51-32-36-55(37-33-51)66(58-38-30-46-20-16-18-26-52(46)44-58)56-40-42-57(43-41-56)67(65(6,8-2)9-3)59-39-31-47-21-17-19-27-53(47)45-59/h10-45H,7-9H2,1-6H3. The number of anilines is 5. The summed E-state index contributed by atoms with van der Waals surface area (Å²) < 4.78 is 0. The van der Waals surface area contributed by atoms with Gasteiger partial charge in [-0.25, -0.2) is 0 Å². The van der Waals surface area contributed by atoms with Crippen LogP contribution in [-0.4, -0.2) is 5.54 Å². The highest BCUT2D eigenvalue weighted by Crippen LogP contribution is 2.53. The molecule has 0 unspecified atom stereocenters. The summed E-state index contributed by atoms with van der Waals surface area (Å²) in [6.45, 7) is 14.0. The number of rotatable bonds is 14. The molecule has 0 amide bonds. The molecule has 336 valence electrons. The van der Waals surface area contributed by atoms with Gasteiger partial charge in [0, 0.05) is 54.9 Å². The molecule has 0 radical (unpaired) electrons. The molecule has 0 aliphatic carbocycles. The van der Waals surface area contributed by atoms with Crippen LogP contribution in [0.15, 0.2) is 218 Å². The van der Waals surface area contributed by atoms with Gasteiger partial charge in [-0.05, 0) is 142 Å². The van der Waals surface area contributed by atoms with E-state index in [0.717, 1.165) is 36.3 Å². The zero-order chi connectivity index (χ0) is 46.8. The normalized spacial score (nSPS) is 11.9. The van der Waals surface area contributed by atoms with Crippen molar-refractivity contribution in [2.75, 3.05) is 9.80 Å². The summed E-state index contributed by atoms with van der Waals surface area (Å²) in [6.07, 6.45) is 3.12. The van der Waals surface area contributed by atoms with Crippen LogP contribution in [0, 0.1) is 0 Å². The Morgan fingerprint density at radius 2 is 0.750 bits per heavy atom. The molecule has 68 heavy (non-hydrogen) atoms. The molecule has 0 aliphatic rings. The molecule has 0 bridgehead atoms. The van der Waals surface area contributed by atoms with E-state index in [1.807, 2.05) is 11.3 Å². The molecule has 0 saturated carbocycles. The van der Waals surface area contributed by atoms with E-state index in [2.05, 4.69) is 270 Å². The fourth-order valence-electron chi connectivity index (χ4n) is 9.81. The van der Waals surface area contributed by atoms with Crippen LogP contribution < -0.4 is 9.80 Å². The molecule has 0 fully saturated rings. The van der Waals surface area contributed by atoms with E-state index < -0.39 is 0 Å². The molecule has 2 nitrogen and oxygen atoms in total. The molecule has 0 spiro atoms. The molecule has 0 atom stereocenters. The fourth-order valence-corrected chi connectivity index (χ4v) is 11.2. The highest BCUT2D eigenvalue weighted by Gasteiger charge is 2.31. The van der Waals surface area contributed by atoms with Gasteiger partial charge in [-0.2, -0.15) is 0 Å². The van der Waals surface area contributed by atoms with Gasteiger partial charge in [-0.1, -0.05) is 192 Å². The Labute approximate surface area is 407 Å². The lowest BCUT2D eigenvalue weighted by Gasteiger charge is -2.42. The van der Waals surface area contributed by atoms with E-state index >= 15 is 0 Å². The predicted molar refractivity (Wildman–Crippen MR) is 297 cm³/mol. The minimum absolute atomic E-state index is 0.0755. The molecule has 10 rings (SSSR count). The third-order valence-corrected chi connectivity index (χ3v) is 15.9. The Balaban J connectivity index is 1.10. The summed E-state index contributed by atoms with van der Waals surface area (Å²) in [7, 11) is 0. The van der Waals surface area contributed by atoms with Crippen LogP contribution in [0.4, 0.5) is 28.4 Å². The number of hydrogen-bond donors (Lipinski definition) is 0. The predicted octanol–water partition coefficient (Wildman–Crippen LogP) is 19.6. The highest BCUT2D eigenvalue weighted by molar-refractivity contribution is 7.20. The average Bonchev–Trinajstić information content (AvgIpc) is 3.81. The fraction of sp³-hybridized carbons (Fsp3) is 0.169. The summed E-state index contributed by atoms with van der Waals surface area (Å²) in [4.78, 5) is 7.51. The van der Waals surface area contributed by atoms with Crippen molar-refractivity contribution in [3.8, 4) is 43.1 Å². The summed E-state index contributed by atoms with van der Waals surface area (Å²) in [6, 6.07) is 80.8. The second-order valence-corrected chi connectivity index (χ2v) is 20.1. The maximum absolute atomic E-state index is 2.56. The number of fused-ring (bicyclic) bond motifs is 2. The molecule has 0 saturated heterocycles. The minimum atomic E-state index is -0.0755. The van der Waals surface area contributed by atoms with Crippen molar-refractivity contribution in [3.05, 3.63) is 224 Å². The van der Waals surface area contributed by atoms with Gasteiger partial charge in [0.15, 0.2) is 0 Å². The van der Waals surface area contributed by atoms with E-state index in [-0.39, 0.29) is 11.0 Å². The molecule has 0 aliphatic heterocycles. The van der Waals surface area contributed by atoms with Gasteiger partial charge in [-0.15, -0.1) is 11.3 Å². The van der Waals surface area contributed by atoms with Crippen LogP contribution in [0.3, 0.4) is 0 Å². The Bertz CT molecular complexity index is 3310. The smallest absolute Gasteiger partial charge is 0.0468 e. The molecular weight excluding hydrogens is 841 g/mol. The topological polar surface area (TPSA) is 6.48 Å². The van der Waals surface area contributed by atoms with Crippen LogP contribution in [0.25, 0.3) is 64.7 Å².